The zero-order chi connectivity index (χ0) is 19.0. The number of halogens is 2. The van der Waals surface area contributed by atoms with Gasteiger partial charge in [-0.3, -0.25) is 9.59 Å². The molecule has 0 spiro atoms. The average molecular weight is 407 g/mol. The number of hydrogen-bond acceptors (Lipinski definition) is 3. The monoisotopic (exact) mass is 406 g/mol. The van der Waals surface area contributed by atoms with Gasteiger partial charge in [0.2, 0.25) is 11.8 Å². The molecule has 2 amide bonds. The van der Waals surface area contributed by atoms with Crippen LogP contribution in [0.25, 0.3) is 0 Å². The molecule has 0 N–H and O–H groups in total. The standard InChI is InChI=1S/C20H20ClFN2O2S/c21-16-3-1-4-17(22)15(16)12-19(25)23-6-8-24(9-7-23)20(26)14-11-13(14)18-5-2-10-27-18/h1-5,10,13-14H,6-9,11-12H2. The van der Waals surface area contributed by atoms with Crippen molar-refractivity contribution in [1.29, 1.82) is 0 Å². The summed E-state index contributed by atoms with van der Waals surface area (Å²) in [7, 11) is 0. The fraction of sp³-hybridized carbons (Fsp3) is 0.400. The lowest BCUT2D eigenvalue weighted by Gasteiger charge is -2.35. The molecule has 4 rings (SSSR count). The van der Waals surface area contributed by atoms with Crippen LogP contribution >= 0.6 is 22.9 Å². The van der Waals surface area contributed by atoms with Crippen LogP contribution < -0.4 is 0 Å². The largest absolute Gasteiger partial charge is 0.339 e. The highest BCUT2D eigenvalue weighted by atomic mass is 35.5. The van der Waals surface area contributed by atoms with E-state index in [0.29, 0.717) is 32.1 Å². The molecule has 2 unspecified atom stereocenters. The first-order valence-electron chi connectivity index (χ1n) is 9.07. The molecule has 1 saturated carbocycles. The topological polar surface area (TPSA) is 40.6 Å². The number of benzene rings is 1. The summed E-state index contributed by atoms with van der Waals surface area (Å²) in [6.07, 6.45) is 0.868. The van der Waals surface area contributed by atoms with Gasteiger partial charge in [0.05, 0.1) is 6.42 Å². The van der Waals surface area contributed by atoms with Gasteiger partial charge in [-0.05, 0) is 30.0 Å². The molecule has 2 fully saturated rings. The highest BCUT2D eigenvalue weighted by Crippen LogP contribution is 2.50. The molecule has 1 aromatic carbocycles. The van der Waals surface area contributed by atoms with Crippen LogP contribution in [0.4, 0.5) is 4.39 Å². The lowest BCUT2D eigenvalue weighted by molar-refractivity contribution is -0.140. The maximum atomic E-state index is 13.9. The molecule has 2 aromatic rings. The summed E-state index contributed by atoms with van der Waals surface area (Å²) < 4.78 is 13.9. The predicted octanol–water partition coefficient (Wildman–Crippen LogP) is 3.56. The zero-order valence-corrected chi connectivity index (χ0v) is 16.3. The Balaban J connectivity index is 1.30. The summed E-state index contributed by atoms with van der Waals surface area (Å²) in [6.45, 7) is 2.02. The van der Waals surface area contributed by atoms with Crippen molar-refractivity contribution >= 4 is 34.8 Å². The smallest absolute Gasteiger partial charge is 0.227 e. The SMILES string of the molecule is O=C(Cc1c(F)cccc1Cl)N1CCN(C(=O)C2CC2c2cccs2)CC1. The summed E-state index contributed by atoms with van der Waals surface area (Å²) in [5.41, 5.74) is 0.236. The number of hydrogen-bond donors (Lipinski definition) is 0. The number of nitrogens with zero attached hydrogens (tertiary/aromatic N) is 2. The third kappa shape index (κ3) is 3.87. The molecular weight excluding hydrogens is 387 g/mol. The zero-order valence-electron chi connectivity index (χ0n) is 14.7. The molecule has 2 atom stereocenters. The third-order valence-corrected chi connectivity index (χ3v) is 6.71. The van der Waals surface area contributed by atoms with Crippen molar-refractivity contribution in [2.45, 2.75) is 18.8 Å². The summed E-state index contributed by atoms with van der Waals surface area (Å²) >= 11 is 7.72. The van der Waals surface area contributed by atoms with Crippen LogP contribution in [0.3, 0.4) is 0 Å². The van der Waals surface area contributed by atoms with Gasteiger partial charge < -0.3 is 9.80 Å². The number of amides is 2. The van der Waals surface area contributed by atoms with Crippen LogP contribution in [-0.4, -0.2) is 47.8 Å². The highest BCUT2D eigenvalue weighted by Gasteiger charge is 2.46. The lowest BCUT2D eigenvalue weighted by atomic mass is 10.1. The molecule has 27 heavy (non-hydrogen) atoms. The predicted molar refractivity (Wildman–Crippen MR) is 103 cm³/mol. The van der Waals surface area contributed by atoms with Gasteiger partial charge in [0.15, 0.2) is 0 Å². The van der Waals surface area contributed by atoms with Crippen LogP contribution in [0, 0.1) is 11.7 Å². The van der Waals surface area contributed by atoms with E-state index >= 15 is 0 Å². The summed E-state index contributed by atoms with van der Waals surface area (Å²) in [4.78, 5) is 30.0. The average Bonchev–Trinajstić information content (AvgIpc) is 3.28. The van der Waals surface area contributed by atoms with Gasteiger partial charge in [0, 0.05) is 53.5 Å². The Labute approximate surface area is 166 Å². The van der Waals surface area contributed by atoms with Crippen LogP contribution in [0.15, 0.2) is 35.7 Å². The van der Waals surface area contributed by atoms with Gasteiger partial charge in [-0.2, -0.15) is 0 Å². The van der Waals surface area contributed by atoms with Crippen LogP contribution in [0.2, 0.25) is 5.02 Å². The minimum atomic E-state index is -0.460. The third-order valence-electron chi connectivity index (χ3n) is 5.35. The molecule has 0 radical (unpaired) electrons. The molecule has 1 aliphatic carbocycles. The maximum Gasteiger partial charge on any atom is 0.227 e. The minimum Gasteiger partial charge on any atom is -0.339 e. The number of piperazine rings is 1. The maximum absolute atomic E-state index is 13.9. The van der Waals surface area contributed by atoms with E-state index < -0.39 is 5.82 Å². The van der Waals surface area contributed by atoms with Crippen molar-refractivity contribution in [2.24, 2.45) is 5.92 Å². The molecular formula is C20H20ClFN2O2S. The first kappa shape index (κ1) is 18.4. The van der Waals surface area contributed by atoms with Gasteiger partial charge in [-0.15, -0.1) is 11.3 Å². The van der Waals surface area contributed by atoms with E-state index in [9.17, 15) is 14.0 Å². The van der Waals surface area contributed by atoms with Crippen molar-refractivity contribution in [3.8, 4) is 0 Å². The van der Waals surface area contributed by atoms with E-state index in [1.807, 2.05) is 16.3 Å². The molecule has 1 aliphatic heterocycles. The van der Waals surface area contributed by atoms with Gasteiger partial charge in [0.25, 0.3) is 0 Å². The summed E-state index contributed by atoms with van der Waals surface area (Å²) in [6, 6.07) is 8.53. The first-order valence-corrected chi connectivity index (χ1v) is 10.3. The first-order chi connectivity index (χ1) is 13.0. The van der Waals surface area contributed by atoms with Crippen molar-refractivity contribution in [2.75, 3.05) is 26.2 Å². The molecule has 142 valence electrons. The van der Waals surface area contributed by atoms with E-state index in [4.69, 9.17) is 11.6 Å². The molecule has 7 heteroatoms. The van der Waals surface area contributed by atoms with E-state index in [-0.39, 0.29) is 34.7 Å². The highest BCUT2D eigenvalue weighted by molar-refractivity contribution is 7.10. The summed E-state index contributed by atoms with van der Waals surface area (Å²) in [5, 5.41) is 2.31. The van der Waals surface area contributed by atoms with Crippen LogP contribution in [0.1, 0.15) is 22.8 Å². The molecule has 2 aliphatic rings. The second-order valence-electron chi connectivity index (χ2n) is 7.05. The minimum absolute atomic E-state index is 0.0530. The fourth-order valence-corrected chi connectivity index (χ4v) is 4.80. The second kappa shape index (κ2) is 7.60. The van der Waals surface area contributed by atoms with E-state index in [1.165, 1.54) is 17.0 Å². The Bertz CT molecular complexity index is 829. The molecule has 2 heterocycles. The van der Waals surface area contributed by atoms with Crippen molar-refractivity contribution < 1.29 is 14.0 Å². The lowest BCUT2D eigenvalue weighted by Crippen LogP contribution is -2.51. The number of rotatable bonds is 4. The van der Waals surface area contributed by atoms with E-state index in [1.54, 1.807) is 22.3 Å². The number of thiophene rings is 1. The van der Waals surface area contributed by atoms with Gasteiger partial charge in [0.1, 0.15) is 5.82 Å². The number of carbonyl (C=O) groups excluding carboxylic acids is 2. The van der Waals surface area contributed by atoms with Gasteiger partial charge in [-0.25, -0.2) is 4.39 Å². The van der Waals surface area contributed by atoms with Gasteiger partial charge >= 0.3 is 0 Å². The Kier molecular flexibility index (Phi) is 5.19. The van der Waals surface area contributed by atoms with Crippen molar-refractivity contribution in [3.05, 3.63) is 57.0 Å². The van der Waals surface area contributed by atoms with Crippen molar-refractivity contribution in [3.63, 3.8) is 0 Å². The summed E-state index contributed by atoms with van der Waals surface area (Å²) in [5.74, 6) is 0.0242. The van der Waals surface area contributed by atoms with Crippen molar-refractivity contribution in [1.82, 2.24) is 9.80 Å². The normalized spacial score (nSPS) is 22.0. The Morgan fingerprint density at radius 1 is 1.11 bits per heavy atom. The molecule has 0 bridgehead atoms. The Hall–Kier alpha value is -1.92. The van der Waals surface area contributed by atoms with E-state index in [0.717, 1.165) is 6.42 Å². The molecule has 1 aromatic heterocycles. The van der Waals surface area contributed by atoms with E-state index in [2.05, 4.69) is 6.07 Å². The van der Waals surface area contributed by atoms with Gasteiger partial charge in [-0.1, -0.05) is 23.7 Å². The fourth-order valence-electron chi connectivity index (χ4n) is 3.66. The van der Waals surface area contributed by atoms with Crippen LogP contribution in [-0.2, 0) is 16.0 Å². The second-order valence-corrected chi connectivity index (χ2v) is 8.43. The quantitative estimate of drug-likeness (QED) is 0.779. The Morgan fingerprint density at radius 2 is 1.85 bits per heavy atom. The molecule has 1 saturated heterocycles. The number of carbonyl (C=O) groups is 2. The molecule has 4 nitrogen and oxygen atoms in total. The van der Waals surface area contributed by atoms with Crippen LogP contribution in [0.5, 0.6) is 0 Å². The Morgan fingerprint density at radius 3 is 2.52 bits per heavy atom.